The summed E-state index contributed by atoms with van der Waals surface area (Å²) in [5.74, 6) is 0. The Morgan fingerprint density at radius 1 is 0.338 bits per heavy atom. The normalized spacial score (nSPS) is 11.8. The predicted molar refractivity (Wildman–Crippen MR) is 271 cm³/mol. The molecule has 0 aliphatic carbocycles. The third-order valence-electron chi connectivity index (χ3n) is 13.1. The van der Waals surface area contributed by atoms with Gasteiger partial charge in [-0.05, 0) is 107 Å². The summed E-state index contributed by atoms with van der Waals surface area (Å²) in [6, 6.07) is 19.5. The summed E-state index contributed by atoms with van der Waals surface area (Å²) in [6.45, 7) is 8.88. The van der Waals surface area contributed by atoms with Crippen molar-refractivity contribution in [2.24, 2.45) is 0 Å². The van der Waals surface area contributed by atoms with Gasteiger partial charge in [0.05, 0.1) is 9.79 Å². The van der Waals surface area contributed by atoms with Crippen molar-refractivity contribution in [1.82, 2.24) is 0 Å². The molecular weight excluding hydrogens is 898 g/mol. The van der Waals surface area contributed by atoms with Crippen LogP contribution < -0.4 is 0 Å². The van der Waals surface area contributed by atoms with E-state index in [1.807, 2.05) is 36.4 Å². The molecule has 4 aromatic carbocycles. The van der Waals surface area contributed by atoms with Crippen molar-refractivity contribution < 1.29 is 45.4 Å². The third kappa shape index (κ3) is 22.2. The molecule has 0 saturated heterocycles. The average Bonchev–Trinajstić information content (AvgIpc) is 3.27. The van der Waals surface area contributed by atoms with Crippen LogP contribution in [-0.2, 0) is 65.4 Å². The number of hydrogen-bond donors (Lipinski definition) is 0. The SMILES string of the molecule is CCCCCCCCCc1cc(S(=O)(=O)[O-])c(CCCCCCCCC)c2ccccc12.CCCCCCCCCc1cc(S(=O)(=O)[O-])c(CCCCCCCCC)c2ccccc12.[Zn+2]. The molecule has 4 rings (SSSR count). The zero-order valence-corrected chi connectivity index (χ0v) is 46.0. The fourth-order valence-electron chi connectivity index (χ4n) is 9.40. The van der Waals surface area contributed by atoms with Crippen LogP contribution in [0.2, 0.25) is 0 Å². The van der Waals surface area contributed by atoms with Crippen molar-refractivity contribution in [2.45, 2.75) is 243 Å². The van der Waals surface area contributed by atoms with Crippen LogP contribution in [0.4, 0.5) is 0 Å². The van der Waals surface area contributed by atoms with Crippen LogP contribution in [0.25, 0.3) is 21.5 Å². The molecule has 0 saturated carbocycles. The van der Waals surface area contributed by atoms with Gasteiger partial charge in [0.1, 0.15) is 20.2 Å². The van der Waals surface area contributed by atoms with E-state index in [4.69, 9.17) is 0 Å². The van der Waals surface area contributed by atoms with E-state index >= 15 is 0 Å². The third-order valence-corrected chi connectivity index (χ3v) is 14.9. The Bertz CT molecular complexity index is 1960. The zero-order chi connectivity index (χ0) is 46.5. The number of unbranched alkanes of at least 4 members (excludes halogenated alkanes) is 24. The van der Waals surface area contributed by atoms with Crippen molar-refractivity contribution in [1.29, 1.82) is 0 Å². The molecule has 0 atom stereocenters. The fourth-order valence-corrected chi connectivity index (χ4v) is 11.0. The predicted octanol–water partition coefficient (Wildman–Crippen LogP) is 16.7. The van der Waals surface area contributed by atoms with Crippen molar-refractivity contribution in [2.75, 3.05) is 0 Å². The van der Waals surface area contributed by atoms with E-state index in [0.717, 1.165) is 108 Å². The Kier molecular flexibility index (Phi) is 31.0. The molecule has 0 amide bonds. The van der Waals surface area contributed by atoms with Gasteiger partial charge in [-0.25, -0.2) is 16.8 Å². The maximum atomic E-state index is 12.2. The number of hydrogen-bond acceptors (Lipinski definition) is 6. The minimum atomic E-state index is -4.50. The van der Waals surface area contributed by atoms with E-state index in [2.05, 4.69) is 39.8 Å². The van der Waals surface area contributed by atoms with Crippen molar-refractivity contribution in [3.8, 4) is 0 Å². The minimum Gasteiger partial charge on any atom is -0.744 e. The van der Waals surface area contributed by atoms with Gasteiger partial charge in [-0.2, -0.15) is 0 Å². The van der Waals surface area contributed by atoms with Crippen LogP contribution in [0.3, 0.4) is 0 Å². The minimum absolute atomic E-state index is 0. The van der Waals surface area contributed by atoms with E-state index in [9.17, 15) is 25.9 Å². The first-order valence-electron chi connectivity index (χ1n) is 26.0. The zero-order valence-electron chi connectivity index (χ0n) is 41.4. The molecule has 0 aromatic heterocycles. The fraction of sp³-hybridized carbons (Fsp3) is 0.643. The summed E-state index contributed by atoms with van der Waals surface area (Å²) in [4.78, 5) is 0.0280. The van der Waals surface area contributed by atoms with Gasteiger partial charge >= 0.3 is 19.5 Å². The number of fused-ring (bicyclic) bond motifs is 2. The van der Waals surface area contributed by atoms with E-state index in [-0.39, 0.29) is 29.3 Å². The Hall–Kier alpha value is -2.16. The Balaban J connectivity index is 0.000000440. The Morgan fingerprint density at radius 2 is 0.569 bits per heavy atom. The molecule has 4 aromatic rings. The molecule has 0 heterocycles. The Morgan fingerprint density at radius 3 is 0.831 bits per heavy atom. The number of rotatable bonds is 34. The average molecular weight is 985 g/mol. The van der Waals surface area contributed by atoms with Crippen molar-refractivity contribution in [3.05, 3.63) is 82.9 Å². The molecule has 0 radical (unpaired) electrons. The molecule has 0 aliphatic heterocycles. The first kappa shape index (κ1) is 59.0. The molecule has 0 fully saturated rings. The largest absolute Gasteiger partial charge is 2.00 e. The standard InChI is InChI=1S/2C28H44O3S.Zn/c2*1-3-5-7-9-11-13-15-19-24-23-28(32(29,30)31)27(26-21-18-17-20-25(24)26)22-16-14-12-10-8-6-4-2;/h2*17-18,20-21,23H,3-16,19,22H2,1-2H3,(H,29,30,31);/q;;+2/p-2. The molecule has 0 aliphatic rings. The van der Waals surface area contributed by atoms with Crippen LogP contribution >= 0.6 is 0 Å². The monoisotopic (exact) mass is 983 g/mol. The van der Waals surface area contributed by atoms with Crippen LogP contribution in [0.5, 0.6) is 0 Å². The number of benzene rings is 4. The van der Waals surface area contributed by atoms with Gasteiger partial charge in [-0.1, -0.05) is 230 Å². The summed E-state index contributed by atoms with van der Waals surface area (Å²) in [5.41, 5.74) is 3.47. The molecule has 65 heavy (non-hydrogen) atoms. The second-order valence-corrected chi connectivity index (χ2v) is 21.2. The molecule has 0 spiro atoms. The van der Waals surface area contributed by atoms with Crippen molar-refractivity contribution >= 4 is 41.8 Å². The van der Waals surface area contributed by atoms with Gasteiger partial charge in [0.15, 0.2) is 0 Å². The summed E-state index contributed by atoms with van der Waals surface area (Å²) in [5, 5.41) is 4.13. The Labute approximate surface area is 410 Å². The molecular formula is C56H86O6S2Zn. The summed E-state index contributed by atoms with van der Waals surface area (Å²) in [6.07, 6.45) is 36.4. The molecule has 9 heteroatoms. The first-order valence-corrected chi connectivity index (χ1v) is 28.8. The van der Waals surface area contributed by atoms with E-state index < -0.39 is 20.2 Å². The second-order valence-electron chi connectivity index (χ2n) is 18.5. The first-order chi connectivity index (χ1) is 31.0. The van der Waals surface area contributed by atoms with Gasteiger partial charge in [-0.15, -0.1) is 0 Å². The van der Waals surface area contributed by atoms with E-state index in [1.165, 1.54) is 128 Å². The van der Waals surface area contributed by atoms with Gasteiger partial charge in [0.2, 0.25) is 0 Å². The number of aryl methyl sites for hydroxylation is 4. The quantitative estimate of drug-likeness (QED) is 0.0262. The summed E-state index contributed by atoms with van der Waals surface area (Å²) < 4.78 is 73.1. The topological polar surface area (TPSA) is 114 Å². The smallest absolute Gasteiger partial charge is 0.744 e. The summed E-state index contributed by atoms with van der Waals surface area (Å²) in [7, 11) is -9.00. The van der Waals surface area contributed by atoms with Gasteiger partial charge in [-0.3, -0.25) is 0 Å². The van der Waals surface area contributed by atoms with Crippen LogP contribution in [0, 0.1) is 0 Å². The van der Waals surface area contributed by atoms with E-state index in [0.29, 0.717) is 12.8 Å². The maximum Gasteiger partial charge on any atom is 2.00 e. The van der Waals surface area contributed by atoms with Crippen LogP contribution in [0.15, 0.2) is 70.5 Å². The molecule has 0 N–H and O–H groups in total. The maximum absolute atomic E-state index is 12.2. The van der Waals surface area contributed by atoms with E-state index in [1.54, 1.807) is 12.1 Å². The van der Waals surface area contributed by atoms with Crippen LogP contribution in [-0.4, -0.2) is 25.9 Å². The summed E-state index contributed by atoms with van der Waals surface area (Å²) >= 11 is 0. The van der Waals surface area contributed by atoms with Crippen LogP contribution in [0.1, 0.15) is 230 Å². The van der Waals surface area contributed by atoms with Gasteiger partial charge in [0.25, 0.3) is 0 Å². The molecule has 0 bridgehead atoms. The van der Waals surface area contributed by atoms with Crippen molar-refractivity contribution in [3.63, 3.8) is 0 Å². The molecule has 360 valence electrons. The van der Waals surface area contributed by atoms with Gasteiger partial charge < -0.3 is 9.11 Å². The molecule has 0 unspecified atom stereocenters. The van der Waals surface area contributed by atoms with Gasteiger partial charge in [0, 0.05) is 0 Å². The molecule has 6 nitrogen and oxygen atoms in total. The second kappa shape index (κ2) is 34.2.